The van der Waals surface area contributed by atoms with Gasteiger partial charge in [0.15, 0.2) is 11.2 Å². The number of ether oxygens (including phenoxy) is 1. The summed E-state index contributed by atoms with van der Waals surface area (Å²) in [5.74, 6) is -2.42. The summed E-state index contributed by atoms with van der Waals surface area (Å²) in [6.07, 6.45) is 1.27. The number of carboxylic acid groups (broad SMARTS) is 1. The summed E-state index contributed by atoms with van der Waals surface area (Å²) in [7, 11) is 1.47. The van der Waals surface area contributed by atoms with Crippen molar-refractivity contribution in [2.75, 3.05) is 0 Å². The summed E-state index contributed by atoms with van der Waals surface area (Å²) < 4.78 is 6.40. The van der Waals surface area contributed by atoms with Crippen LogP contribution >= 0.6 is 11.6 Å². The lowest BCUT2D eigenvalue weighted by Gasteiger charge is -2.19. The normalized spacial score (nSPS) is 11.5. The number of nitrogens with zero attached hydrogens (tertiary/aromatic N) is 2. The van der Waals surface area contributed by atoms with Crippen LogP contribution in [0.15, 0.2) is 23.1 Å². The average molecular weight is 325 g/mol. The molecule has 7 nitrogen and oxygen atoms in total. The fraction of sp³-hybridized carbons (Fsp3) is 0.286. The third-order valence-corrected chi connectivity index (χ3v) is 3.55. The topological polar surface area (TPSA) is 98.5 Å². The number of halogens is 1. The molecule has 0 aliphatic heterocycles. The number of carboxylic acids is 1. The molecule has 0 aromatic carbocycles. The van der Waals surface area contributed by atoms with Crippen LogP contribution in [0.5, 0.6) is 5.75 Å². The predicted octanol–water partition coefficient (Wildman–Crippen LogP) is 1.60. The monoisotopic (exact) mass is 324 g/mol. The third kappa shape index (κ3) is 2.55. The molecule has 0 unspecified atom stereocenters. The van der Waals surface area contributed by atoms with Gasteiger partial charge in [-0.1, -0.05) is 11.6 Å². The fourth-order valence-electron chi connectivity index (χ4n) is 1.70. The van der Waals surface area contributed by atoms with E-state index in [1.54, 1.807) is 0 Å². The van der Waals surface area contributed by atoms with Crippen molar-refractivity contribution in [3.63, 3.8) is 0 Å². The predicted molar refractivity (Wildman–Crippen MR) is 79.0 cm³/mol. The molecule has 0 bridgehead atoms. The van der Waals surface area contributed by atoms with E-state index in [-0.39, 0.29) is 21.8 Å². The summed E-state index contributed by atoms with van der Waals surface area (Å²) in [6.45, 7) is 2.43. The quantitative estimate of drug-likeness (QED) is 0.680. The minimum absolute atomic E-state index is 0.00300. The molecule has 0 saturated carbocycles. The van der Waals surface area contributed by atoms with Crippen molar-refractivity contribution in [3.8, 4) is 5.75 Å². The van der Waals surface area contributed by atoms with Crippen LogP contribution in [-0.2, 0) is 16.6 Å². The van der Waals surface area contributed by atoms with Gasteiger partial charge in [0.25, 0.3) is 5.56 Å². The lowest BCUT2D eigenvalue weighted by molar-refractivity contribution is -0.160. The van der Waals surface area contributed by atoms with Gasteiger partial charge in [-0.05, 0) is 19.9 Å². The van der Waals surface area contributed by atoms with Gasteiger partial charge in [-0.25, -0.2) is 0 Å². The van der Waals surface area contributed by atoms with Gasteiger partial charge in [0.1, 0.15) is 10.5 Å². The Kier molecular flexibility index (Phi) is 3.93. The Labute approximate surface area is 130 Å². The highest BCUT2D eigenvalue weighted by atomic mass is 35.5. The molecular formula is C14H13ClN2O5. The summed E-state index contributed by atoms with van der Waals surface area (Å²) in [4.78, 5) is 39.0. The second-order valence-electron chi connectivity index (χ2n) is 5.22. The molecule has 1 N–H and O–H groups in total. The molecule has 0 aliphatic rings. The van der Waals surface area contributed by atoms with E-state index < -0.39 is 17.4 Å². The largest absolute Gasteiger partial charge is 0.480 e. The number of aryl methyl sites for hydroxylation is 1. The van der Waals surface area contributed by atoms with Gasteiger partial charge in [0, 0.05) is 13.1 Å². The highest BCUT2D eigenvalue weighted by Gasteiger charge is 2.39. The Hall–Kier alpha value is -2.41. The summed E-state index contributed by atoms with van der Waals surface area (Å²) in [5, 5.41) is 9.07. The molecule has 8 heteroatoms. The fourth-order valence-corrected chi connectivity index (χ4v) is 1.88. The zero-order chi connectivity index (χ0) is 16.7. The van der Waals surface area contributed by atoms with Gasteiger partial charge in [-0.2, -0.15) is 0 Å². The maximum Gasteiger partial charge on any atom is 0.328 e. The Balaban J connectivity index is 2.63. The number of rotatable bonds is 3. The summed E-state index contributed by atoms with van der Waals surface area (Å²) >= 11 is 6.00. The van der Waals surface area contributed by atoms with E-state index in [1.165, 1.54) is 43.8 Å². The van der Waals surface area contributed by atoms with Gasteiger partial charge < -0.3 is 14.4 Å². The number of pyridine rings is 2. The number of hydrogen-bond donors (Lipinski definition) is 1. The van der Waals surface area contributed by atoms with Crippen LogP contribution < -0.4 is 10.3 Å². The van der Waals surface area contributed by atoms with Gasteiger partial charge in [0.05, 0.1) is 11.7 Å². The molecule has 0 atom stereocenters. The second kappa shape index (κ2) is 5.42. The van der Waals surface area contributed by atoms with E-state index >= 15 is 0 Å². The number of esters is 1. The number of aliphatic carboxylic acids is 1. The van der Waals surface area contributed by atoms with E-state index in [9.17, 15) is 14.4 Å². The number of carbonyl (C=O) groups excluding carboxylic acids is 1. The molecule has 2 heterocycles. The SMILES string of the molecule is Cn1c(=O)ccc2ncc(Cl)c(OC(=O)C(C)(C)C(=O)O)c21. The molecule has 0 radical (unpaired) electrons. The van der Waals surface area contributed by atoms with E-state index in [0.29, 0.717) is 5.52 Å². The standard InChI is InChI=1S/C14H13ClN2O5/c1-14(2,12(19)20)13(21)22-11-7(15)6-16-8-4-5-9(18)17(3)10(8)11/h4-6H,1-3H3,(H,19,20). The van der Waals surface area contributed by atoms with Crippen molar-refractivity contribution in [2.45, 2.75) is 13.8 Å². The molecule has 0 amide bonds. The van der Waals surface area contributed by atoms with Crippen LogP contribution in [0, 0.1) is 5.41 Å². The lowest BCUT2D eigenvalue weighted by Crippen LogP contribution is -2.36. The van der Waals surface area contributed by atoms with E-state index in [0.717, 1.165) is 0 Å². The third-order valence-electron chi connectivity index (χ3n) is 3.28. The molecule has 116 valence electrons. The van der Waals surface area contributed by atoms with Crippen molar-refractivity contribution >= 4 is 34.6 Å². The van der Waals surface area contributed by atoms with Crippen LogP contribution in [0.3, 0.4) is 0 Å². The Bertz CT molecular complexity index is 841. The molecule has 0 aliphatic carbocycles. The molecule has 0 saturated heterocycles. The first-order chi connectivity index (χ1) is 10.2. The van der Waals surface area contributed by atoms with Crippen LogP contribution in [0.1, 0.15) is 13.8 Å². The van der Waals surface area contributed by atoms with Crippen molar-refractivity contribution in [3.05, 3.63) is 33.7 Å². The van der Waals surface area contributed by atoms with E-state index in [2.05, 4.69) is 4.98 Å². The van der Waals surface area contributed by atoms with Crippen LogP contribution in [-0.4, -0.2) is 26.6 Å². The highest BCUT2D eigenvalue weighted by molar-refractivity contribution is 6.33. The first kappa shape index (κ1) is 16.0. The average Bonchev–Trinajstić information content (AvgIpc) is 2.45. The van der Waals surface area contributed by atoms with Gasteiger partial charge in [-0.3, -0.25) is 19.4 Å². The van der Waals surface area contributed by atoms with Crippen LogP contribution in [0.4, 0.5) is 0 Å². The Morgan fingerprint density at radius 2 is 2.00 bits per heavy atom. The summed E-state index contributed by atoms with van der Waals surface area (Å²) in [6, 6.07) is 2.78. The van der Waals surface area contributed by atoms with Gasteiger partial charge in [-0.15, -0.1) is 0 Å². The minimum atomic E-state index is -1.76. The summed E-state index contributed by atoms with van der Waals surface area (Å²) in [5.41, 5.74) is -1.49. The van der Waals surface area contributed by atoms with E-state index in [4.69, 9.17) is 21.4 Å². The minimum Gasteiger partial charge on any atom is -0.480 e. The van der Waals surface area contributed by atoms with Crippen LogP contribution in [0.2, 0.25) is 5.02 Å². The van der Waals surface area contributed by atoms with Crippen molar-refractivity contribution in [1.82, 2.24) is 9.55 Å². The first-order valence-corrected chi connectivity index (χ1v) is 6.64. The molecule has 22 heavy (non-hydrogen) atoms. The number of aromatic nitrogens is 2. The number of hydrogen-bond acceptors (Lipinski definition) is 5. The smallest absolute Gasteiger partial charge is 0.328 e. The maximum absolute atomic E-state index is 12.1. The maximum atomic E-state index is 12.1. The molecule has 0 fully saturated rings. The lowest BCUT2D eigenvalue weighted by atomic mass is 9.94. The zero-order valence-electron chi connectivity index (χ0n) is 12.1. The molecular weight excluding hydrogens is 312 g/mol. The van der Waals surface area contributed by atoms with Crippen molar-refractivity contribution in [2.24, 2.45) is 12.5 Å². The number of carbonyl (C=O) groups is 2. The first-order valence-electron chi connectivity index (χ1n) is 6.26. The van der Waals surface area contributed by atoms with Gasteiger partial charge in [0.2, 0.25) is 0 Å². The van der Waals surface area contributed by atoms with Crippen LogP contribution in [0.25, 0.3) is 11.0 Å². The Morgan fingerprint density at radius 3 is 2.59 bits per heavy atom. The van der Waals surface area contributed by atoms with Gasteiger partial charge >= 0.3 is 11.9 Å². The molecule has 0 spiro atoms. The number of fused-ring (bicyclic) bond motifs is 1. The second-order valence-corrected chi connectivity index (χ2v) is 5.63. The highest BCUT2D eigenvalue weighted by Crippen LogP contribution is 2.32. The zero-order valence-corrected chi connectivity index (χ0v) is 12.8. The molecule has 2 aromatic rings. The van der Waals surface area contributed by atoms with Crippen molar-refractivity contribution in [1.29, 1.82) is 0 Å². The van der Waals surface area contributed by atoms with E-state index in [1.807, 2.05) is 0 Å². The molecule has 2 aromatic heterocycles. The molecule has 2 rings (SSSR count). The van der Waals surface area contributed by atoms with Crippen molar-refractivity contribution < 1.29 is 19.4 Å². The Morgan fingerprint density at radius 1 is 1.36 bits per heavy atom.